The topological polar surface area (TPSA) is 30.0 Å². The van der Waals surface area contributed by atoms with Crippen molar-refractivity contribution in [2.24, 2.45) is 0 Å². The van der Waals surface area contributed by atoms with Crippen LogP contribution in [-0.4, -0.2) is 11.7 Å². The minimum absolute atomic E-state index is 0. The van der Waals surface area contributed by atoms with Crippen molar-refractivity contribution in [2.45, 2.75) is 12.6 Å². The predicted octanol–water partition coefficient (Wildman–Crippen LogP) is 3.85. The van der Waals surface area contributed by atoms with E-state index in [1.165, 1.54) is 0 Å². The smallest absolute Gasteiger partial charge is 0.158 e. The molecule has 0 fully saturated rings. The van der Waals surface area contributed by atoms with Crippen LogP contribution in [0.4, 0.5) is 4.39 Å². The van der Waals surface area contributed by atoms with Crippen molar-refractivity contribution in [2.75, 3.05) is 6.67 Å². The number of halogens is 1. The van der Waals surface area contributed by atoms with Gasteiger partial charge in [-0.2, -0.15) is 0 Å². The number of hydrogen-bond donors (Lipinski definition) is 0. The Morgan fingerprint density at radius 1 is 1.21 bits per heavy atom. The molecular weight excluding hydrogens is 440 g/mol. The van der Waals surface area contributed by atoms with E-state index in [9.17, 15) is 8.96 Å². The predicted molar refractivity (Wildman–Crippen MR) is 69.5 cm³/mol. The van der Waals surface area contributed by atoms with E-state index in [1.807, 2.05) is 36.4 Å². The Balaban J connectivity index is 0.00000180. The minimum atomic E-state index is -0.407. The Kier molecular flexibility index (Phi) is 7.01. The molecular formula is C14H12FIrNOP-. The van der Waals surface area contributed by atoms with Crippen molar-refractivity contribution in [1.82, 2.24) is 4.98 Å². The van der Waals surface area contributed by atoms with Crippen LogP contribution < -0.4 is 0 Å². The van der Waals surface area contributed by atoms with Crippen LogP contribution in [0.3, 0.4) is 0 Å². The third-order valence-corrected chi connectivity index (χ3v) is 2.99. The first-order chi connectivity index (χ1) is 8.83. The number of aryl methyl sites for hydroxylation is 1. The molecule has 0 spiro atoms. The molecule has 1 heterocycles. The average Bonchev–Trinajstić information content (AvgIpc) is 2.40. The number of benzene rings is 1. The van der Waals surface area contributed by atoms with E-state index < -0.39 is 6.67 Å². The van der Waals surface area contributed by atoms with Crippen LogP contribution in [0.25, 0.3) is 11.3 Å². The molecule has 0 saturated heterocycles. The molecule has 5 heteroatoms. The van der Waals surface area contributed by atoms with E-state index in [2.05, 4.69) is 11.1 Å². The molecule has 0 unspecified atom stereocenters. The maximum absolute atomic E-state index is 12.3. The summed E-state index contributed by atoms with van der Waals surface area (Å²) in [5.41, 5.74) is 3.22. The van der Waals surface area contributed by atoms with Gasteiger partial charge in [0.15, 0.2) is 8.46 Å². The number of pyridine rings is 1. The monoisotopic (exact) mass is 453 g/mol. The summed E-state index contributed by atoms with van der Waals surface area (Å²) in [6.45, 7) is -0.407. The van der Waals surface area contributed by atoms with E-state index in [0.717, 1.165) is 22.5 Å². The Labute approximate surface area is 127 Å². The number of aromatic nitrogens is 1. The number of hydrogen-bond acceptors (Lipinski definition) is 2. The third-order valence-electron chi connectivity index (χ3n) is 2.52. The third kappa shape index (κ3) is 4.58. The van der Waals surface area contributed by atoms with Crippen LogP contribution in [0.15, 0.2) is 36.4 Å². The summed E-state index contributed by atoms with van der Waals surface area (Å²) >= 11 is 0. The molecule has 0 saturated carbocycles. The largest absolute Gasteiger partial charge is 0.301 e. The van der Waals surface area contributed by atoms with Gasteiger partial charge in [-0.25, -0.2) is 0 Å². The SMILES string of the molecule is O=PCc1[c-]c(-c2cccc(CCF)n2)ccc1.[Ir]. The van der Waals surface area contributed by atoms with Crippen LogP contribution in [0.5, 0.6) is 0 Å². The fraction of sp³-hybridized carbons (Fsp3) is 0.214. The molecule has 101 valence electrons. The molecule has 0 atom stereocenters. The molecule has 0 aliphatic carbocycles. The summed E-state index contributed by atoms with van der Waals surface area (Å²) < 4.78 is 22.9. The fourth-order valence-corrected chi connectivity index (χ4v) is 2.02. The second-order valence-electron chi connectivity index (χ2n) is 3.83. The molecule has 2 aromatic rings. The molecule has 0 amide bonds. The number of nitrogens with zero attached hydrogens (tertiary/aromatic N) is 1. The molecule has 1 aromatic heterocycles. The molecule has 2 nitrogen and oxygen atoms in total. The second kappa shape index (κ2) is 8.27. The first kappa shape index (κ1) is 16.1. The van der Waals surface area contributed by atoms with Gasteiger partial charge >= 0.3 is 0 Å². The van der Waals surface area contributed by atoms with E-state index in [4.69, 9.17) is 0 Å². The van der Waals surface area contributed by atoms with Crippen molar-refractivity contribution in [3.63, 3.8) is 0 Å². The molecule has 1 aromatic carbocycles. The van der Waals surface area contributed by atoms with Crippen LogP contribution >= 0.6 is 8.46 Å². The molecule has 0 aliphatic heterocycles. The van der Waals surface area contributed by atoms with Gasteiger partial charge in [-0.05, 0) is 11.8 Å². The molecule has 19 heavy (non-hydrogen) atoms. The van der Waals surface area contributed by atoms with Crippen LogP contribution in [0.2, 0.25) is 0 Å². The molecule has 0 aliphatic rings. The standard InChI is InChI=1S/C14H12FNOP.Ir/c15-8-7-13-5-2-6-14(16-13)12-4-1-3-11(9-12)10-18-17;/h1-6H,7-8,10H2;/q-1;. The van der Waals surface area contributed by atoms with E-state index in [1.54, 1.807) is 0 Å². The first-order valence-corrected chi connectivity index (χ1v) is 6.66. The number of alkyl halides is 1. The van der Waals surface area contributed by atoms with Crippen LogP contribution in [0.1, 0.15) is 11.3 Å². The summed E-state index contributed by atoms with van der Waals surface area (Å²) in [6.07, 6.45) is 0.769. The van der Waals surface area contributed by atoms with Crippen molar-refractivity contribution < 1.29 is 29.1 Å². The fourth-order valence-electron chi connectivity index (χ4n) is 1.69. The summed E-state index contributed by atoms with van der Waals surface area (Å²) in [6, 6.07) is 14.4. The Morgan fingerprint density at radius 2 is 2.00 bits per heavy atom. The second-order valence-corrected chi connectivity index (χ2v) is 4.40. The first-order valence-electron chi connectivity index (χ1n) is 5.66. The van der Waals surface area contributed by atoms with Gasteiger partial charge in [0.2, 0.25) is 0 Å². The zero-order chi connectivity index (χ0) is 12.8. The summed E-state index contributed by atoms with van der Waals surface area (Å²) in [7, 11) is 0.0772. The van der Waals surface area contributed by atoms with Crippen molar-refractivity contribution in [3.8, 4) is 11.3 Å². The maximum atomic E-state index is 12.3. The van der Waals surface area contributed by atoms with Gasteiger partial charge in [0, 0.05) is 38.4 Å². The van der Waals surface area contributed by atoms with Gasteiger partial charge in [-0.3, -0.25) is 8.96 Å². The van der Waals surface area contributed by atoms with E-state index in [0.29, 0.717) is 12.6 Å². The average molecular weight is 452 g/mol. The van der Waals surface area contributed by atoms with E-state index >= 15 is 0 Å². The molecule has 0 bridgehead atoms. The van der Waals surface area contributed by atoms with Gasteiger partial charge in [0.05, 0.1) is 6.67 Å². The van der Waals surface area contributed by atoms with Crippen LogP contribution in [0, 0.1) is 6.07 Å². The van der Waals surface area contributed by atoms with Crippen molar-refractivity contribution in [3.05, 3.63) is 53.7 Å². The van der Waals surface area contributed by atoms with Crippen molar-refractivity contribution >= 4 is 8.46 Å². The number of rotatable bonds is 5. The Hall–Kier alpha value is -0.951. The maximum Gasteiger partial charge on any atom is 0.158 e. The van der Waals surface area contributed by atoms with Gasteiger partial charge in [0.25, 0.3) is 0 Å². The Bertz CT molecular complexity index is 550. The van der Waals surface area contributed by atoms with Gasteiger partial charge < -0.3 is 4.98 Å². The van der Waals surface area contributed by atoms with Crippen molar-refractivity contribution in [1.29, 1.82) is 0 Å². The quantitative estimate of drug-likeness (QED) is 0.510. The summed E-state index contributed by atoms with van der Waals surface area (Å²) in [5.74, 6) is 0. The van der Waals surface area contributed by atoms with Gasteiger partial charge in [-0.15, -0.1) is 35.4 Å². The summed E-state index contributed by atoms with van der Waals surface area (Å²) in [5, 5.41) is 0. The summed E-state index contributed by atoms with van der Waals surface area (Å²) in [4.78, 5) is 4.38. The van der Waals surface area contributed by atoms with Crippen LogP contribution in [-0.2, 0) is 37.3 Å². The minimum Gasteiger partial charge on any atom is -0.301 e. The van der Waals surface area contributed by atoms with Gasteiger partial charge in [0.1, 0.15) is 0 Å². The Morgan fingerprint density at radius 3 is 2.74 bits per heavy atom. The molecule has 0 N–H and O–H groups in total. The zero-order valence-corrected chi connectivity index (χ0v) is 13.4. The zero-order valence-electron chi connectivity index (χ0n) is 10.1. The normalized spacial score (nSPS) is 10.2. The van der Waals surface area contributed by atoms with E-state index in [-0.39, 0.29) is 28.6 Å². The van der Waals surface area contributed by atoms with Gasteiger partial charge in [-0.1, -0.05) is 12.1 Å². The molecule has 1 radical (unpaired) electrons. The molecule has 2 rings (SSSR count).